The number of piperidine rings is 1. The number of aromatic amines is 1. The zero-order valence-electron chi connectivity index (χ0n) is 20.6. The number of fused-ring (bicyclic) bond motifs is 1. The number of aromatic nitrogens is 1. The first-order valence-corrected chi connectivity index (χ1v) is 12.6. The minimum Gasteiger partial charge on any atom is -0.496 e. The molecule has 2 aromatic rings. The Morgan fingerprint density at radius 1 is 1.41 bits per heavy atom. The summed E-state index contributed by atoms with van der Waals surface area (Å²) in [5, 5.41) is 27.3. The Balaban J connectivity index is 1.37. The summed E-state index contributed by atoms with van der Waals surface area (Å²) < 4.78 is 33.2. The smallest absolute Gasteiger partial charge is 0.249 e. The summed E-state index contributed by atoms with van der Waals surface area (Å²) in [6, 6.07) is 7.40. The molecule has 3 aliphatic rings. The molecule has 2 amide bonds. The van der Waals surface area contributed by atoms with Gasteiger partial charge in [-0.15, -0.1) is 0 Å². The zero-order valence-corrected chi connectivity index (χ0v) is 20.6. The lowest BCUT2D eigenvalue weighted by molar-refractivity contribution is -0.159. The van der Waals surface area contributed by atoms with Gasteiger partial charge in [0.2, 0.25) is 17.7 Å². The molecule has 198 valence electrons. The van der Waals surface area contributed by atoms with Crippen LogP contribution >= 0.6 is 0 Å². The van der Waals surface area contributed by atoms with E-state index in [1.165, 1.54) is 4.90 Å². The molecule has 1 aromatic heterocycles. The number of ether oxygens (including phenoxy) is 1. The molecule has 1 spiro atoms. The number of carbonyl (C=O) groups excluding carboxylic acids is 2. The molecule has 2 aliphatic heterocycles. The molecular formula is C26H31F2N5O4. The zero-order chi connectivity index (χ0) is 26.4. The molecule has 9 nitrogen and oxygen atoms in total. The highest BCUT2D eigenvalue weighted by atomic mass is 19.3. The number of H-pyrrole nitrogens is 1. The van der Waals surface area contributed by atoms with Crippen LogP contribution in [0.5, 0.6) is 5.75 Å². The lowest BCUT2D eigenvalue weighted by Gasteiger charge is -2.45. The highest BCUT2D eigenvalue weighted by Crippen LogP contribution is 2.59. The predicted molar refractivity (Wildman–Crippen MR) is 129 cm³/mol. The van der Waals surface area contributed by atoms with Crippen molar-refractivity contribution in [2.45, 2.75) is 62.8 Å². The second kappa shape index (κ2) is 9.58. The third-order valence-electron chi connectivity index (χ3n) is 7.96. The molecule has 0 radical (unpaired) electrons. The van der Waals surface area contributed by atoms with Crippen LogP contribution in [0.2, 0.25) is 0 Å². The maximum Gasteiger partial charge on any atom is 0.249 e. The van der Waals surface area contributed by atoms with Gasteiger partial charge in [0.05, 0.1) is 24.9 Å². The summed E-state index contributed by atoms with van der Waals surface area (Å²) in [6.07, 6.45) is -0.195. The SMILES string of the molecule is COc1cccc2[nH]c(C(O)N3CC4(CC3C(=O)NC(C#N)CC3CCCNC3=O)CC(F)(F)C4)cc12. The Labute approximate surface area is 213 Å². The maximum absolute atomic E-state index is 13.9. The van der Waals surface area contributed by atoms with Gasteiger partial charge in [-0.25, -0.2) is 8.78 Å². The number of methoxy groups -OCH3 is 1. The normalized spacial score (nSPS) is 26.2. The van der Waals surface area contributed by atoms with Crippen molar-refractivity contribution < 1.29 is 28.2 Å². The first-order chi connectivity index (χ1) is 17.6. The summed E-state index contributed by atoms with van der Waals surface area (Å²) in [5.41, 5.74) is 0.353. The molecular weight excluding hydrogens is 484 g/mol. The minimum atomic E-state index is -2.79. The molecule has 1 aromatic carbocycles. The number of nitrogens with zero attached hydrogens (tertiary/aromatic N) is 2. The number of hydrogen-bond acceptors (Lipinski definition) is 6. The van der Waals surface area contributed by atoms with E-state index < -0.39 is 35.6 Å². The van der Waals surface area contributed by atoms with Crippen LogP contribution in [0.15, 0.2) is 24.3 Å². The van der Waals surface area contributed by atoms with Crippen LogP contribution in [0.25, 0.3) is 10.9 Å². The maximum atomic E-state index is 13.9. The summed E-state index contributed by atoms with van der Waals surface area (Å²) in [4.78, 5) is 30.2. The molecule has 1 saturated carbocycles. The van der Waals surface area contributed by atoms with Crippen molar-refractivity contribution in [1.82, 2.24) is 20.5 Å². The molecule has 4 atom stereocenters. The third kappa shape index (κ3) is 4.88. The van der Waals surface area contributed by atoms with Crippen molar-refractivity contribution in [2.75, 3.05) is 20.2 Å². The van der Waals surface area contributed by atoms with Gasteiger partial charge < -0.3 is 25.5 Å². The average Bonchev–Trinajstić information content (AvgIpc) is 3.46. The van der Waals surface area contributed by atoms with Crippen molar-refractivity contribution in [2.24, 2.45) is 11.3 Å². The Hall–Kier alpha value is -3.23. The number of nitrogens with one attached hydrogen (secondary N) is 3. The monoisotopic (exact) mass is 515 g/mol. The van der Waals surface area contributed by atoms with Crippen molar-refractivity contribution in [3.05, 3.63) is 30.0 Å². The van der Waals surface area contributed by atoms with Crippen molar-refractivity contribution >= 4 is 22.7 Å². The fraction of sp³-hybridized carbons (Fsp3) is 0.577. The van der Waals surface area contributed by atoms with Gasteiger partial charge in [-0.3, -0.25) is 14.5 Å². The highest BCUT2D eigenvalue weighted by Gasteiger charge is 2.62. The van der Waals surface area contributed by atoms with Gasteiger partial charge in [0.1, 0.15) is 18.0 Å². The van der Waals surface area contributed by atoms with Crippen LogP contribution in [-0.4, -0.2) is 65.0 Å². The van der Waals surface area contributed by atoms with Crippen molar-refractivity contribution in [3.8, 4) is 11.8 Å². The van der Waals surface area contributed by atoms with E-state index in [1.54, 1.807) is 25.3 Å². The topological polar surface area (TPSA) is 130 Å². The predicted octanol–water partition coefficient (Wildman–Crippen LogP) is 2.58. The van der Waals surface area contributed by atoms with Crippen LogP contribution < -0.4 is 15.4 Å². The van der Waals surface area contributed by atoms with Gasteiger partial charge in [0.15, 0.2) is 0 Å². The van der Waals surface area contributed by atoms with Gasteiger partial charge in [-0.1, -0.05) is 6.07 Å². The van der Waals surface area contributed by atoms with E-state index in [9.17, 15) is 28.7 Å². The Bertz CT molecular complexity index is 1230. The molecule has 3 heterocycles. The van der Waals surface area contributed by atoms with Crippen molar-refractivity contribution in [1.29, 1.82) is 5.26 Å². The van der Waals surface area contributed by atoms with E-state index in [1.807, 2.05) is 6.07 Å². The number of aliphatic hydroxyl groups excluding tert-OH is 1. The quantitative estimate of drug-likeness (QED) is 0.449. The fourth-order valence-corrected chi connectivity index (χ4v) is 6.29. The van der Waals surface area contributed by atoms with E-state index in [0.717, 1.165) is 17.3 Å². The molecule has 5 rings (SSSR count). The molecule has 4 unspecified atom stereocenters. The second-order valence-electron chi connectivity index (χ2n) is 10.7. The summed E-state index contributed by atoms with van der Waals surface area (Å²) in [6.45, 7) is 0.719. The number of alkyl halides is 2. The number of likely N-dealkylation sites (tertiary alicyclic amines) is 1. The number of rotatable bonds is 7. The van der Waals surface area contributed by atoms with Crippen molar-refractivity contribution in [3.63, 3.8) is 0 Å². The van der Waals surface area contributed by atoms with E-state index >= 15 is 0 Å². The Morgan fingerprint density at radius 2 is 2.19 bits per heavy atom. The summed E-state index contributed by atoms with van der Waals surface area (Å²) in [7, 11) is 1.54. The summed E-state index contributed by atoms with van der Waals surface area (Å²) >= 11 is 0. The molecule has 2 saturated heterocycles. The Morgan fingerprint density at radius 3 is 2.86 bits per heavy atom. The summed E-state index contributed by atoms with van der Waals surface area (Å²) in [5.74, 6) is -3.20. The molecule has 11 heteroatoms. The van der Waals surface area contributed by atoms with Gasteiger partial charge in [0, 0.05) is 42.8 Å². The number of halogens is 2. The van der Waals surface area contributed by atoms with Gasteiger partial charge >= 0.3 is 0 Å². The molecule has 0 bridgehead atoms. The van der Waals surface area contributed by atoms with Crippen LogP contribution in [0.1, 0.15) is 50.4 Å². The van der Waals surface area contributed by atoms with Crippen LogP contribution in [0.4, 0.5) is 8.78 Å². The van der Waals surface area contributed by atoms with Crippen LogP contribution in [0.3, 0.4) is 0 Å². The standard InChI is InChI=1S/C26H31F2N5O4/c1-37-21-6-2-5-18-17(21)9-19(32-18)24(36)33-14-25(12-26(27,28)13-25)10-20(33)23(35)31-16(11-29)8-15-4-3-7-30-22(15)34/h2,5-6,9,15-16,20,24,32,36H,3-4,7-8,10,12-14H2,1H3,(H,30,34)(H,31,35). The van der Waals surface area contributed by atoms with Gasteiger partial charge in [0.25, 0.3) is 0 Å². The van der Waals surface area contributed by atoms with Crippen LogP contribution in [-0.2, 0) is 9.59 Å². The lowest BCUT2D eigenvalue weighted by Crippen LogP contribution is -2.49. The number of carbonyl (C=O) groups is 2. The number of amides is 2. The Kier molecular flexibility index (Phi) is 6.58. The number of nitriles is 1. The molecule has 1 aliphatic carbocycles. The second-order valence-corrected chi connectivity index (χ2v) is 10.7. The van der Waals surface area contributed by atoms with Gasteiger partial charge in [-0.05, 0) is 49.3 Å². The van der Waals surface area contributed by atoms with E-state index in [2.05, 4.69) is 21.7 Å². The molecule has 4 N–H and O–H groups in total. The van der Waals surface area contributed by atoms with Gasteiger partial charge in [-0.2, -0.15) is 5.26 Å². The largest absolute Gasteiger partial charge is 0.496 e. The highest BCUT2D eigenvalue weighted by molar-refractivity contribution is 5.87. The molecule has 37 heavy (non-hydrogen) atoms. The van der Waals surface area contributed by atoms with E-state index in [-0.39, 0.29) is 44.1 Å². The fourth-order valence-electron chi connectivity index (χ4n) is 6.29. The third-order valence-corrected chi connectivity index (χ3v) is 7.96. The number of hydrogen-bond donors (Lipinski definition) is 4. The first kappa shape index (κ1) is 25.4. The van der Waals surface area contributed by atoms with Crippen LogP contribution in [0, 0.1) is 22.7 Å². The number of aliphatic hydroxyl groups is 1. The first-order valence-electron chi connectivity index (χ1n) is 12.6. The average molecular weight is 516 g/mol. The van der Waals surface area contributed by atoms with E-state index in [4.69, 9.17) is 4.74 Å². The molecule has 3 fully saturated rings. The van der Waals surface area contributed by atoms with E-state index in [0.29, 0.717) is 24.4 Å². The number of benzene rings is 1. The lowest BCUT2D eigenvalue weighted by atomic mass is 9.65. The minimum absolute atomic E-state index is 0.122.